The van der Waals surface area contributed by atoms with Gasteiger partial charge in [0.1, 0.15) is 0 Å². The summed E-state index contributed by atoms with van der Waals surface area (Å²) in [5, 5.41) is 3.28. The molecule has 1 aliphatic rings. The average Bonchev–Trinajstić information content (AvgIpc) is 2.29. The van der Waals surface area contributed by atoms with Gasteiger partial charge in [0.05, 0.1) is 5.75 Å². The maximum absolute atomic E-state index is 11.8. The van der Waals surface area contributed by atoms with Crippen molar-refractivity contribution in [2.24, 2.45) is 5.92 Å². The molecule has 5 nitrogen and oxygen atoms in total. The van der Waals surface area contributed by atoms with E-state index in [-0.39, 0.29) is 11.7 Å². The van der Waals surface area contributed by atoms with Crippen LogP contribution in [0.4, 0.5) is 0 Å². The van der Waals surface area contributed by atoms with Gasteiger partial charge in [-0.05, 0) is 12.3 Å². The number of rotatable bonds is 8. The Morgan fingerprint density at radius 2 is 2.00 bits per heavy atom. The lowest BCUT2D eigenvalue weighted by Gasteiger charge is -2.27. The van der Waals surface area contributed by atoms with Gasteiger partial charge in [-0.15, -0.1) is 0 Å². The predicted molar refractivity (Wildman–Crippen MR) is 75.2 cm³/mol. The molecular formula is C12H27N3O2S. The van der Waals surface area contributed by atoms with Gasteiger partial charge in [-0.25, -0.2) is 13.1 Å². The summed E-state index contributed by atoms with van der Waals surface area (Å²) in [4.78, 5) is 2.29. The van der Waals surface area contributed by atoms with E-state index >= 15 is 0 Å². The smallest absolute Gasteiger partial charge is 0.211 e. The summed E-state index contributed by atoms with van der Waals surface area (Å²) in [5.74, 6) is 0.495. The van der Waals surface area contributed by atoms with Crippen molar-refractivity contribution >= 4 is 10.0 Å². The Labute approximate surface area is 111 Å². The number of sulfonamides is 1. The minimum absolute atomic E-state index is 0.242. The third-order valence-electron chi connectivity index (χ3n) is 3.25. The molecule has 1 fully saturated rings. The summed E-state index contributed by atoms with van der Waals surface area (Å²) >= 11 is 0. The third-order valence-corrected chi connectivity index (χ3v) is 4.90. The topological polar surface area (TPSA) is 61.4 Å². The van der Waals surface area contributed by atoms with Crippen LogP contribution in [0.2, 0.25) is 0 Å². The zero-order valence-electron chi connectivity index (χ0n) is 11.6. The van der Waals surface area contributed by atoms with Crippen molar-refractivity contribution in [3.8, 4) is 0 Å². The molecule has 0 radical (unpaired) electrons. The first-order chi connectivity index (χ1) is 8.53. The number of hydrogen-bond acceptors (Lipinski definition) is 4. The van der Waals surface area contributed by atoms with Gasteiger partial charge in [0.15, 0.2) is 0 Å². The van der Waals surface area contributed by atoms with Crippen LogP contribution in [0.1, 0.15) is 26.7 Å². The monoisotopic (exact) mass is 277 g/mol. The normalized spacial score (nSPS) is 19.9. The Bertz CT molecular complexity index is 313. The van der Waals surface area contributed by atoms with E-state index in [0.29, 0.717) is 6.54 Å². The highest BCUT2D eigenvalue weighted by Crippen LogP contribution is 2.07. The molecule has 0 aromatic rings. The van der Waals surface area contributed by atoms with Gasteiger partial charge in [0, 0.05) is 39.3 Å². The number of piperazine rings is 1. The molecule has 108 valence electrons. The maximum Gasteiger partial charge on any atom is 0.211 e. The molecule has 1 rings (SSSR count). The van der Waals surface area contributed by atoms with E-state index in [1.54, 1.807) is 0 Å². The van der Waals surface area contributed by atoms with E-state index in [2.05, 4.69) is 21.9 Å². The quantitative estimate of drug-likeness (QED) is 0.667. The van der Waals surface area contributed by atoms with Gasteiger partial charge < -0.3 is 5.32 Å². The van der Waals surface area contributed by atoms with E-state index in [1.165, 1.54) is 0 Å². The summed E-state index contributed by atoms with van der Waals surface area (Å²) in [6.07, 6.45) is 2.01. The van der Waals surface area contributed by atoms with Crippen molar-refractivity contribution in [3.63, 3.8) is 0 Å². The Balaban J connectivity index is 2.19. The van der Waals surface area contributed by atoms with Gasteiger partial charge in [0.2, 0.25) is 10.0 Å². The highest BCUT2D eigenvalue weighted by atomic mass is 32.2. The zero-order chi connectivity index (χ0) is 13.4. The van der Waals surface area contributed by atoms with E-state index in [4.69, 9.17) is 0 Å². The molecule has 0 aliphatic carbocycles. The first kappa shape index (κ1) is 15.9. The van der Waals surface area contributed by atoms with Crippen molar-refractivity contribution in [3.05, 3.63) is 0 Å². The molecule has 0 spiro atoms. The Morgan fingerprint density at radius 1 is 1.33 bits per heavy atom. The van der Waals surface area contributed by atoms with Crippen LogP contribution in [0.15, 0.2) is 0 Å². The van der Waals surface area contributed by atoms with Crippen LogP contribution in [-0.2, 0) is 10.0 Å². The minimum Gasteiger partial charge on any atom is -0.314 e. The van der Waals surface area contributed by atoms with Crippen molar-refractivity contribution in [2.45, 2.75) is 26.7 Å². The predicted octanol–water partition coefficient (Wildman–Crippen LogP) is 0.247. The summed E-state index contributed by atoms with van der Waals surface area (Å²) < 4.78 is 26.3. The van der Waals surface area contributed by atoms with Crippen molar-refractivity contribution in [2.75, 3.05) is 45.0 Å². The summed E-state index contributed by atoms with van der Waals surface area (Å²) in [7, 11) is -3.10. The number of nitrogens with one attached hydrogen (secondary N) is 2. The lowest BCUT2D eigenvalue weighted by molar-refractivity contribution is 0.245. The lowest BCUT2D eigenvalue weighted by Crippen LogP contribution is -2.46. The molecule has 0 aromatic heterocycles. The summed E-state index contributed by atoms with van der Waals surface area (Å²) in [5.41, 5.74) is 0. The van der Waals surface area contributed by atoms with Crippen LogP contribution in [-0.4, -0.2) is 58.3 Å². The number of nitrogens with zero attached hydrogens (tertiary/aromatic N) is 1. The van der Waals surface area contributed by atoms with Crippen LogP contribution >= 0.6 is 0 Å². The average molecular weight is 277 g/mol. The number of hydrogen-bond donors (Lipinski definition) is 2. The van der Waals surface area contributed by atoms with E-state index in [9.17, 15) is 8.42 Å². The molecule has 1 saturated heterocycles. The molecule has 1 aliphatic heterocycles. The van der Waals surface area contributed by atoms with Crippen LogP contribution in [0.25, 0.3) is 0 Å². The fourth-order valence-electron chi connectivity index (χ4n) is 2.30. The fourth-order valence-corrected chi connectivity index (χ4v) is 3.74. The van der Waals surface area contributed by atoms with Crippen LogP contribution in [0.5, 0.6) is 0 Å². The minimum atomic E-state index is -3.10. The molecule has 0 amide bonds. The van der Waals surface area contributed by atoms with Gasteiger partial charge >= 0.3 is 0 Å². The van der Waals surface area contributed by atoms with E-state index < -0.39 is 10.0 Å². The standard InChI is InChI=1S/C12H27N3O2S/c1-3-4-12(2)11-18(16,17)14-7-10-15-8-5-13-6-9-15/h12-14H,3-11H2,1-2H3. The third kappa shape index (κ3) is 6.68. The molecule has 0 saturated carbocycles. The van der Waals surface area contributed by atoms with Crippen LogP contribution in [0, 0.1) is 5.92 Å². The highest BCUT2D eigenvalue weighted by Gasteiger charge is 2.15. The van der Waals surface area contributed by atoms with Crippen molar-refractivity contribution in [1.29, 1.82) is 0 Å². The molecule has 1 heterocycles. The SMILES string of the molecule is CCCC(C)CS(=O)(=O)NCCN1CCNCC1. The van der Waals surface area contributed by atoms with Gasteiger partial charge in [-0.2, -0.15) is 0 Å². The van der Waals surface area contributed by atoms with E-state index in [1.807, 2.05) is 6.92 Å². The van der Waals surface area contributed by atoms with E-state index in [0.717, 1.165) is 45.6 Å². The van der Waals surface area contributed by atoms with Crippen LogP contribution < -0.4 is 10.0 Å². The van der Waals surface area contributed by atoms with Gasteiger partial charge in [-0.3, -0.25) is 4.90 Å². The largest absolute Gasteiger partial charge is 0.314 e. The molecule has 0 aromatic carbocycles. The molecule has 1 atom stereocenters. The van der Waals surface area contributed by atoms with Crippen molar-refractivity contribution < 1.29 is 8.42 Å². The first-order valence-corrected chi connectivity index (χ1v) is 8.59. The second-order valence-corrected chi connectivity index (χ2v) is 7.01. The second kappa shape index (κ2) is 8.09. The zero-order valence-corrected chi connectivity index (χ0v) is 12.4. The molecular weight excluding hydrogens is 250 g/mol. The van der Waals surface area contributed by atoms with Gasteiger partial charge in [-0.1, -0.05) is 20.3 Å². The maximum atomic E-state index is 11.8. The Kier molecular flexibility index (Phi) is 7.14. The Morgan fingerprint density at radius 3 is 2.61 bits per heavy atom. The fraction of sp³-hybridized carbons (Fsp3) is 1.00. The molecule has 18 heavy (non-hydrogen) atoms. The Hall–Kier alpha value is -0.170. The second-order valence-electron chi connectivity index (χ2n) is 5.16. The van der Waals surface area contributed by atoms with Crippen LogP contribution in [0.3, 0.4) is 0 Å². The highest BCUT2D eigenvalue weighted by molar-refractivity contribution is 7.89. The van der Waals surface area contributed by atoms with Crippen molar-refractivity contribution in [1.82, 2.24) is 14.9 Å². The summed E-state index contributed by atoms with van der Waals surface area (Å²) in [6.45, 7) is 9.44. The van der Waals surface area contributed by atoms with Gasteiger partial charge in [0.25, 0.3) is 0 Å². The lowest BCUT2D eigenvalue weighted by atomic mass is 10.1. The molecule has 0 bridgehead atoms. The summed E-state index contributed by atoms with van der Waals surface area (Å²) in [6, 6.07) is 0. The molecule has 6 heteroatoms. The molecule has 1 unspecified atom stereocenters. The first-order valence-electron chi connectivity index (χ1n) is 6.94. The molecule has 2 N–H and O–H groups in total.